The molecule has 0 aliphatic carbocycles. The van der Waals surface area contributed by atoms with Crippen LogP contribution < -0.4 is 5.43 Å². The van der Waals surface area contributed by atoms with E-state index in [1.54, 1.807) is 0 Å². The molecular formula is C8H19N3. The highest BCUT2D eigenvalue weighted by molar-refractivity contribution is 4.73. The Morgan fingerprint density at radius 2 is 1.82 bits per heavy atom. The fraction of sp³-hybridized carbons (Fsp3) is 1.00. The highest BCUT2D eigenvalue weighted by Crippen LogP contribution is 2.07. The van der Waals surface area contributed by atoms with E-state index in [2.05, 4.69) is 36.5 Å². The van der Waals surface area contributed by atoms with Gasteiger partial charge in [-0.2, -0.15) is 0 Å². The highest BCUT2D eigenvalue weighted by atomic mass is 15.5. The lowest BCUT2D eigenvalue weighted by atomic mass is 10.1. The zero-order valence-corrected chi connectivity index (χ0v) is 7.80. The van der Waals surface area contributed by atoms with E-state index in [0.29, 0.717) is 6.04 Å². The van der Waals surface area contributed by atoms with Gasteiger partial charge in [0.2, 0.25) is 0 Å². The fourth-order valence-corrected chi connectivity index (χ4v) is 1.50. The van der Waals surface area contributed by atoms with Crippen molar-refractivity contribution in [1.82, 2.24) is 15.3 Å². The second-order valence-corrected chi connectivity index (χ2v) is 3.60. The van der Waals surface area contributed by atoms with Gasteiger partial charge < -0.3 is 4.90 Å². The first-order valence-corrected chi connectivity index (χ1v) is 4.30. The second kappa shape index (κ2) is 4.04. The molecule has 3 nitrogen and oxygen atoms in total. The second-order valence-electron chi connectivity index (χ2n) is 3.60. The van der Waals surface area contributed by atoms with Gasteiger partial charge in [0.1, 0.15) is 0 Å². The molecule has 1 N–H and O–H groups in total. The van der Waals surface area contributed by atoms with Crippen LogP contribution in [0.25, 0.3) is 0 Å². The maximum atomic E-state index is 3.41. The highest BCUT2D eigenvalue weighted by Gasteiger charge is 2.15. The summed E-state index contributed by atoms with van der Waals surface area (Å²) in [5.41, 5.74) is 3.41. The molecule has 66 valence electrons. The number of hydrogen-bond acceptors (Lipinski definition) is 3. The topological polar surface area (TPSA) is 18.5 Å². The molecule has 0 unspecified atom stereocenters. The van der Waals surface area contributed by atoms with Crippen molar-refractivity contribution in [3.63, 3.8) is 0 Å². The molecule has 0 aromatic rings. The summed E-state index contributed by atoms with van der Waals surface area (Å²) >= 11 is 0. The summed E-state index contributed by atoms with van der Waals surface area (Å²) in [5.74, 6) is 0. The fourth-order valence-electron chi connectivity index (χ4n) is 1.50. The molecule has 1 aliphatic rings. The van der Waals surface area contributed by atoms with Crippen LogP contribution in [-0.2, 0) is 0 Å². The van der Waals surface area contributed by atoms with Crippen LogP contribution in [0, 0.1) is 0 Å². The Balaban J connectivity index is 2.17. The maximum absolute atomic E-state index is 3.41. The summed E-state index contributed by atoms with van der Waals surface area (Å²) in [5, 5.41) is 2.05. The van der Waals surface area contributed by atoms with E-state index in [9.17, 15) is 0 Å². The van der Waals surface area contributed by atoms with Crippen LogP contribution in [0.2, 0.25) is 0 Å². The predicted octanol–water partition coefficient (Wildman–Crippen LogP) is 0.147. The number of nitrogens with zero attached hydrogens (tertiary/aromatic N) is 2. The average molecular weight is 157 g/mol. The number of piperidine rings is 1. The lowest BCUT2D eigenvalue weighted by molar-refractivity contribution is 0.165. The average Bonchev–Trinajstić information content (AvgIpc) is 1.93. The van der Waals surface area contributed by atoms with Gasteiger partial charge in [0, 0.05) is 20.1 Å². The Hall–Kier alpha value is -0.120. The third kappa shape index (κ3) is 3.18. The standard InChI is InChI=1S/C8H19N3/c1-10(2)9-8-4-6-11(3)7-5-8/h8-9H,4-7H2,1-3H3. The van der Waals surface area contributed by atoms with Crippen molar-refractivity contribution in [3.8, 4) is 0 Å². The van der Waals surface area contributed by atoms with Gasteiger partial charge in [-0.3, -0.25) is 10.4 Å². The molecule has 0 radical (unpaired) electrons. The monoisotopic (exact) mass is 157 g/mol. The third-order valence-corrected chi connectivity index (χ3v) is 2.16. The van der Waals surface area contributed by atoms with E-state index < -0.39 is 0 Å². The summed E-state index contributed by atoms with van der Waals surface area (Å²) in [6, 6.07) is 0.696. The molecular weight excluding hydrogens is 138 g/mol. The molecule has 1 saturated heterocycles. The first-order valence-electron chi connectivity index (χ1n) is 4.30. The minimum Gasteiger partial charge on any atom is -0.306 e. The molecule has 0 amide bonds. The quantitative estimate of drug-likeness (QED) is 0.576. The van der Waals surface area contributed by atoms with Gasteiger partial charge in [-0.1, -0.05) is 0 Å². The van der Waals surface area contributed by atoms with Crippen molar-refractivity contribution >= 4 is 0 Å². The molecule has 0 spiro atoms. The molecule has 1 heterocycles. The lowest BCUT2D eigenvalue weighted by Crippen LogP contribution is -2.46. The third-order valence-electron chi connectivity index (χ3n) is 2.16. The van der Waals surface area contributed by atoms with E-state index in [0.717, 1.165) is 0 Å². The van der Waals surface area contributed by atoms with E-state index in [-0.39, 0.29) is 0 Å². The summed E-state index contributed by atoms with van der Waals surface area (Å²) in [7, 11) is 6.29. The van der Waals surface area contributed by atoms with Crippen LogP contribution in [-0.4, -0.2) is 50.2 Å². The van der Waals surface area contributed by atoms with E-state index in [1.807, 2.05) is 0 Å². The zero-order chi connectivity index (χ0) is 8.27. The normalized spacial score (nSPS) is 22.9. The van der Waals surface area contributed by atoms with Gasteiger partial charge in [0.05, 0.1) is 0 Å². The van der Waals surface area contributed by atoms with Crippen LogP contribution in [0.1, 0.15) is 12.8 Å². The van der Waals surface area contributed by atoms with Crippen LogP contribution in [0.4, 0.5) is 0 Å². The molecule has 11 heavy (non-hydrogen) atoms. The molecule has 0 aromatic carbocycles. The lowest BCUT2D eigenvalue weighted by Gasteiger charge is -2.31. The van der Waals surface area contributed by atoms with Gasteiger partial charge in [0.25, 0.3) is 0 Å². The van der Waals surface area contributed by atoms with Gasteiger partial charge in [-0.05, 0) is 33.0 Å². The largest absolute Gasteiger partial charge is 0.306 e. The van der Waals surface area contributed by atoms with Gasteiger partial charge in [0.15, 0.2) is 0 Å². The summed E-state index contributed by atoms with van der Waals surface area (Å²) in [6.07, 6.45) is 2.54. The van der Waals surface area contributed by atoms with Crippen LogP contribution in [0.3, 0.4) is 0 Å². The van der Waals surface area contributed by atoms with Gasteiger partial charge in [-0.15, -0.1) is 0 Å². The Labute approximate surface area is 69.3 Å². The van der Waals surface area contributed by atoms with Crippen LogP contribution in [0.5, 0.6) is 0 Å². The van der Waals surface area contributed by atoms with Crippen molar-refractivity contribution in [2.24, 2.45) is 0 Å². The smallest absolute Gasteiger partial charge is 0.0239 e. The van der Waals surface area contributed by atoms with Crippen LogP contribution >= 0.6 is 0 Å². The Bertz CT molecular complexity index is 106. The Morgan fingerprint density at radius 3 is 2.27 bits per heavy atom. The molecule has 1 fully saturated rings. The number of nitrogens with one attached hydrogen (secondary N) is 1. The van der Waals surface area contributed by atoms with Crippen molar-refractivity contribution in [2.45, 2.75) is 18.9 Å². The van der Waals surface area contributed by atoms with Crippen LogP contribution in [0.15, 0.2) is 0 Å². The van der Waals surface area contributed by atoms with Gasteiger partial charge in [-0.25, -0.2) is 0 Å². The van der Waals surface area contributed by atoms with E-state index in [4.69, 9.17) is 0 Å². The van der Waals surface area contributed by atoms with Crippen molar-refractivity contribution < 1.29 is 0 Å². The molecule has 1 aliphatic heterocycles. The van der Waals surface area contributed by atoms with Crippen molar-refractivity contribution in [3.05, 3.63) is 0 Å². The van der Waals surface area contributed by atoms with Crippen molar-refractivity contribution in [1.29, 1.82) is 0 Å². The minimum absolute atomic E-state index is 0.696. The SMILES string of the molecule is CN1CCC(NN(C)C)CC1. The zero-order valence-electron chi connectivity index (χ0n) is 7.80. The summed E-state index contributed by atoms with van der Waals surface area (Å²) < 4.78 is 0. The number of likely N-dealkylation sites (tertiary alicyclic amines) is 1. The van der Waals surface area contributed by atoms with Gasteiger partial charge >= 0.3 is 0 Å². The molecule has 0 atom stereocenters. The molecule has 3 heteroatoms. The van der Waals surface area contributed by atoms with E-state index >= 15 is 0 Å². The molecule has 0 aromatic heterocycles. The Morgan fingerprint density at radius 1 is 1.27 bits per heavy atom. The minimum atomic E-state index is 0.696. The predicted molar refractivity (Wildman–Crippen MR) is 47.3 cm³/mol. The first-order chi connectivity index (χ1) is 5.18. The summed E-state index contributed by atoms with van der Waals surface area (Å²) in [6.45, 7) is 2.46. The Kier molecular flexibility index (Phi) is 3.30. The molecule has 0 bridgehead atoms. The van der Waals surface area contributed by atoms with E-state index in [1.165, 1.54) is 25.9 Å². The summed E-state index contributed by atoms with van der Waals surface area (Å²) in [4.78, 5) is 2.38. The van der Waals surface area contributed by atoms with Crippen molar-refractivity contribution in [2.75, 3.05) is 34.2 Å². The number of hydrazine groups is 1. The number of rotatable bonds is 2. The first kappa shape index (κ1) is 8.97. The molecule has 1 rings (SSSR count). The molecule has 0 saturated carbocycles. The maximum Gasteiger partial charge on any atom is 0.0239 e. The number of hydrogen-bond donors (Lipinski definition) is 1.